The zero-order valence-corrected chi connectivity index (χ0v) is 14.9. The molecule has 1 N–H and O–H groups in total. The summed E-state index contributed by atoms with van der Waals surface area (Å²) < 4.78 is 45.3. The highest BCUT2D eigenvalue weighted by atomic mass is 19.4. The Morgan fingerprint density at radius 2 is 2.00 bits per heavy atom. The minimum Gasteiger partial charge on any atom is -0.384 e. The highest BCUT2D eigenvalue weighted by molar-refractivity contribution is 5.37. The van der Waals surface area contributed by atoms with Crippen LogP contribution in [0.2, 0.25) is 0 Å². The fourth-order valence-corrected chi connectivity index (χ4v) is 3.26. The van der Waals surface area contributed by atoms with E-state index < -0.39 is 11.7 Å². The van der Waals surface area contributed by atoms with E-state index >= 15 is 0 Å². The van der Waals surface area contributed by atoms with Crippen LogP contribution < -0.4 is 5.32 Å². The van der Waals surface area contributed by atoms with Crippen LogP contribution in [0.25, 0.3) is 5.69 Å². The maximum absolute atomic E-state index is 12.8. The van der Waals surface area contributed by atoms with Crippen LogP contribution in [0, 0.1) is 0 Å². The molecule has 8 heteroatoms. The van der Waals surface area contributed by atoms with Gasteiger partial charge in [0.05, 0.1) is 17.9 Å². The molecule has 1 aliphatic heterocycles. The number of methoxy groups -OCH3 is 1. The van der Waals surface area contributed by atoms with Gasteiger partial charge < -0.3 is 10.1 Å². The van der Waals surface area contributed by atoms with E-state index in [0.29, 0.717) is 24.5 Å². The van der Waals surface area contributed by atoms with Gasteiger partial charge in [-0.2, -0.15) is 18.3 Å². The fourth-order valence-electron chi connectivity index (χ4n) is 3.26. The SMILES string of the molecule is COCCc1nc([C@@]2(C)CCCNC2)n(-c2ccc(C(F)(F)F)cc2)n1. The molecule has 2 heterocycles. The first-order chi connectivity index (χ1) is 12.3. The predicted molar refractivity (Wildman–Crippen MR) is 91.4 cm³/mol. The molecule has 26 heavy (non-hydrogen) atoms. The molecule has 5 nitrogen and oxygen atoms in total. The molecular weight excluding hydrogens is 345 g/mol. The standard InChI is InChI=1S/C18H23F3N4O/c1-17(9-3-10-22-12-17)16-23-15(8-11-26-2)24-25(16)14-6-4-13(5-7-14)18(19,20)21/h4-7,22H,3,8-12H2,1-2H3/t17-/m0/s1. The summed E-state index contributed by atoms with van der Waals surface area (Å²) in [6.45, 7) is 4.33. The van der Waals surface area contributed by atoms with Crippen molar-refractivity contribution in [3.8, 4) is 5.69 Å². The number of nitrogens with one attached hydrogen (secondary N) is 1. The van der Waals surface area contributed by atoms with Crippen LogP contribution in [0.15, 0.2) is 24.3 Å². The molecule has 0 unspecified atom stereocenters. The van der Waals surface area contributed by atoms with E-state index in [-0.39, 0.29) is 5.41 Å². The van der Waals surface area contributed by atoms with Crippen molar-refractivity contribution in [3.63, 3.8) is 0 Å². The summed E-state index contributed by atoms with van der Waals surface area (Å²) in [5.41, 5.74) is -0.316. The van der Waals surface area contributed by atoms with Crippen LogP contribution in [0.5, 0.6) is 0 Å². The van der Waals surface area contributed by atoms with Crippen molar-refractivity contribution in [2.75, 3.05) is 26.8 Å². The summed E-state index contributed by atoms with van der Waals surface area (Å²) in [6.07, 6.45) is -1.83. The quantitative estimate of drug-likeness (QED) is 0.881. The Labute approximate surface area is 150 Å². The van der Waals surface area contributed by atoms with Crippen LogP contribution in [0.4, 0.5) is 13.2 Å². The number of benzene rings is 1. The number of ether oxygens (including phenoxy) is 1. The molecule has 0 amide bonds. The zero-order chi connectivity index (χ0) is 18.8. The summed E-state index contributed by atoms with van der Waals surface area (Å²) in [7, 11) is 1.61. The third-order valence-electron chi connectivity index (χ3n) is 4.76. The summed E-state index contributed by atoms with van der Waals surface area (Å²) in [5, 5.41) is 7.93. The van der Waals surface area contributed by atoms with Crippen molar-refractivity contribution in [2.24, 2.45) is 0 Å². The summed E-state index contributed by atoms with van der Waals surface area (Å²) in [5.74, 6) is 1.41. The maximum Gasteiger partial charge on any atom is 0.416 e. The number of hydrogen-bond acceptors (Lipinski definition) is 4. The van der Waals surface area contributed by atoms with Gasteiger partial charge in [-0.3, -0.25) is 0 Å². The van der Waals surface area contributed by atoms with Crippen molar-refractivity contribution in [1.82, 2.24) is 20.1 Å². The third kappa shape index (κ3) is 3.91. The fraction of sp³-hybridized carbons (Fsp3) is 0.556. The molecule has 1 atom stereocenters. The summed E-state index contributed by atoms with van der Waals surface area (Å²) in [4.78, 5) is 4.70. The second-order valence-electron chi connectivity index (χ2n) is 6.89. The monoisotopic (exact) mass is 368 g/mol. The molecule has 0 radical (unpaired) electrons. The van der Waals surface area contributed by atoms with Gasteiger partial charge in [0.15, 0.2) is 5.82 Å². The Hall–Kier alpha value is -1.93. The van der Waals surface area contributed by atoms with Gasteiger partial charge in [-0.25, -0.2) is 9.67 Å². The average molecular weight is 368 g/mol. The third-order valence-corrected chi connectivity index (χ3v) is 4.76. The van der Waals surface area contributed by atoms with Crippen LogP contribution in [-0.4, -0.2) is 41.6 Å². The van der Waals surface area contributed by atoms with Crippen LogP contribution in [-0.2, 0) is 22.7 Å². The Balaban J connectivity index is 2.00. The summed E-state index contributed by atoms with van der Waals surface area (Å²) in [6, 6.07) is 5.05. The molecule has 1 aromatic heterocycles. The van der Waals surface area contributed by atoms with E-state index in [9.17, 15) is 13.2 Å². The van der Waals surface area contributed by atoms with Crippen LogP contribution in [0.1, 0.15) is 37.0 Å². The van der Waals surface area contributed by atoms with Gasteiger partial charge in [-0.05, 0) is 43.7 Å². The molecule has 1 fully saturated rings. The van der Waals surface area contributed by atoms with Crippen molar-refractivity contribution in [3.05, 3.63) is 41.5 Å². The Kier molecular flexibility index (Phi) is 5.34. The molecule has 1 aliphatic rings. The molecule has 0 spiro atoms. The number of rotatable bonds is 5. The first-order valence-corrected chi connectivity index (χ1v) is 8.67. The lowest BCUT2D eigenvalue weighted by Gasteiger charge is -2.33. The van der Waals surface area contributed by atoms with Gasteiger partial charge in [-0.15, -0.1) is 0 Å². The Morgan fingerprint density at radius 1 is 1.27 bits per heavy atom. The van der Waals surface area contributed by atoms with Crippen molar-refractivity contribution in [2.45, 2.75) is 37.8 Å². The summed E-state index contributed by atoms with van der Waals surface area (Å²) >= 11 is 0. The lowest BCUT2D eigenvalue weighted by molar-refractivity contribution is -0.137. The Morgan fingerprint density at radius 3 is 2.58 bits per heavy atom. The molecule has 0 bridgehead atoms. The lowest BCUT2D eigenvalue weighted by Crippen LogP contribution is -2.42. The molecule has 2 aromatic rings. The van der Waals surface area contributed by atoms with Crippen molar-refractivity contribution >= 4 is 0 Å². The highest BCUT2D eigenvalue weighted by Gasteiger charge is 2.35. The molecule has 0 saturated carbocycles. The maximum atomic E-state index is 12.8. The Bertz CT molecular complexity index is 734. The number of nitrogens with zero attached hydrogens (tertiary/aromatic N) is 3. The van der Waals surface area contributed by atoms with Crippen molar-refractivity contribution in [1.29, 1.82) is 0 Å². The van der Waals surface area contributed by atoms with E-state index in [1.807, 2.05) is 0 Å². The molecule has 1 saturated heterocycles. The first kappa shape index (κ1) is 18.8. The van der Waals surface area contributed by atoms with E-state index in [2.05, 4.69) is 17.3 Å². The minimum absolute atomic E-state index is 0.223. The molecule has 142 valence electrons. The average Bonchev–Trinajstić information content (AvgIpc) is 3.05. The molecule has 0 aliphatic carbocycles. The van der Waals surface area contributed by atoms with Gasteiger partial charge in [0.2, 0.25) is 0 Å². The smallest absolute Gasteiger partial charge is 0.384 e. The number of alkyl halides is 3. The topological polar surface area (TPSA) is 52.0 Å². The minimum atomic E-state index is -4.35. The molecule has 3 rings (SSSR count). The lowest BCUT2D eigenvalue weighted by atomic mass is 9.82. The number of halogens is 3. The molecular formula is C18H23F3N4O. The number of hydrogen-bond donors (Lipinski definition) is 1. The van der Waals surface area contributed by atoms with Crippen molar-refractivity contribution < 1.29 is 17.9 Å². The molecule has 1 aromatic carbocycles. The van der Waals surface area contributed by atoms with E-state index in [1.165, 1.54) is 12.1 Å². The van der Waals surface area contributed by atoms with E-state index in [1.54, 1.807) is 11.8 Å². The normalized spacial score (nSPS) is 21.1. The number of aromatic nitrogens is 3. The van der Waals surface area contributed by atoms with Gasteiger partial charge in [0.25, 0.3) is 0 Å². The largest absolute Gasteiger partial charge is 0.416 e. The predicted octanol–water partition coefficient (Wildman–Crippen LogP) is 3.12. The van der Waals surface area contributed by atoms with Gasteiger partial charge >= 0.3 is 6.18 Å². The highest BCUT2D eigenvalue weighted by Crippen LogP contribution is 2.33. The van der Waals surface area contributed by atoms with Crippen LogP contribution in [0.3, 0.4) is 0 Å². The second kappa shape index (κ2) is 7.36. The van der Waals surface area contributed by atoms with Gasteiger partial charge in [-0.1, -0.05) is 6.92 Å². The van der Waals surface area contributed by atoms with Crippen LogP contribution >= 0.6 is 0 Å². The number of piperidine rings is 1. The second-order valence-corrected chi connectivity index (χ2v) is 6.89. The zero-order valence-electron chi connectivity index (χ0n) is 14.9. The van der Waals surface area contributed by atoms with Gasteiger partial charge in [0.1, 0.15) is 5.82 Å². The van der Waals surface area contributed by atoms with E-state index in [4.69, 9.17) is 9.72 Å². The van der Waals surface area contributed by atoms with Gasteiger partial charge in [0, 0.05) is 25.5 Å². The van der Waals surface area contributed by atoms with E-state index in [0.717, 1.165) is 43.9 Å². The first-order valence-electron chi connectivity index (χ1n) is 8.67.